The molecular weight excluding hydrogens is 542 g/mol. The Labute approximate surface area is 261 Å². The lowest BCUT2D eigenvalue weighted by molar-refractivity contribution is -0.889. The van der Waals surface area contributed by atoms with Crippen molar-refractivity contribution in [1.29, 1.82) is 0 Å². The zero-order valence-corrected chi connectivity index (χ0v) is 28.7. The average Bonchev–Trinajstić information content (AvgIpc) is 3.47. The van der Waals surface area contributed by atoms with Gasteiger partial charge in [0.2, 0.25) is 6.41 Å². The van der Waals surface area contributed by atoms with E-state index in [4.69, 9.17) is 15.6 Å². The molecule has 3 N–H and O–H groups in total. The zero-order chi connectivity index (χ0) is 33.6. The molecule has 244 valence electrons. The number of unbranched alkanes of at least 4 members (excludes halogenated alkanes) is 1. The molecule has 1 aliphatic rings. The van der Waals surface area contributed by atoms with Crippen LogP contribution >= 0.6 is 0 Å². The van der Waals surface area contributed by atoms with Crippen molar-refractivity contribution >= 4 is 29.6 Å². The Balaban J connectivity index is 0. The number of amidine groups is 1. The largest absolute Gasteiger partial charge is 0.478 e. The normalized spacial score (nSPS) is 17.6. The van der Waals surface area contributed by atoms with E-state index in [9.17, 15) is 14.4 Å². The van der Waals surface area contributed by atoms with E-state index in [1.807, 2.05) is 59.0 Å². The standard InChI is InChI=1S/C14H25N3O2.C12H14O2.C7H14O.C2H6/c1-4-5-6-12-7-8-14(19-12)17(2,3)10-9-13(15)16-11-18;1-3-6-9(2)10-7-4-5-8-11(10)12(13)14;1-5(2)6(3)7(4)8;1-2/h9-12,14H,4-8H2,1-3H3,(H-,15,16,18);4-8H,3H2,1-2H3,(H,13,14);5-6H,1-4H3;1-2H3/p+1/b10-9-;9-6+;;. The van der Waals surface area contributed by atoms with Crippen molar-refractivity contribution in [1.82, 2.24) is 0 Å². The summed E-state index contributed by atoms with van der Waals surface area (Å²) in [5.41, 5.74) is 7.76. The second-order valence-electron chi connectivity index (χ2n) is 11.3. The van der Waals surface area contributed by atoms with Gasteiger partial charge in [-0.3, -0.25) is 14.1 Å². The average molecular weight is 603 g/mol. The van der Waals surface area contributed by atoms with E-state index in [0.29, 0.717) is 34.3 Å². The van der Waals surface area contributed by atoms with Crippen LogP contribution in [0, 0.1) is 11.8 Å². The Hall–Kier alpha value is -3.10. The number of carbonyl (C=O) groups is 3. The number of ketones is 1. The maximum absolute atomic E-state index is 10.9. The van der Waals surface area contributed by atoms with E-state index < -0.39 is 5.97 Å². The smallest absolute Gasteiger partial charge is 0.336 e. The highest BCUT2D eigenvalue weighted by Crippen LogP contribution is 2.28. The number of nitrogens with zero attached hydrogens (tertiary/aromatic N) is 2. The van der Waals surface area contributed by atoms with Crippen molar-refractivity contribution in [2.75, 3.05) is 14.1 Å². The number of carboxylic acid groups (broad SMARTS) is 1. The van der Waals surface area contributed by atoms with Crippen LogP contribution in [-0.2, 0) is 14.3 Å². The van der Waals surface area contributed by atoms with Gasteiger partial charge in [-0.05, 0) is 56.2 Å². The van der Waals surface area contributed by atoms with E-state index in [0.717, 1.165) is 36.8 Å². The third-order valence-electron chi connectivity index (χ3n) is 7.27. The molecule has 1 heterocycles. The molecule has 2 rings (SSSR count). The van der Waals surface area contributed by atoms with E-state index in [1.165, 1.54) is 12.8 Å². The maximum atomic E-state index is 10.9. The highest BCUT2D eigenvalue weighted by Gasteiger charge is 2.35. The number of allylic oxidation sites excluding steroid dienone is 2. The number of hydrogen-bond acceptors (Lipinski definition) is 4. The number of aromatic carboxylic acids is 1. The van der Waals surface area contributed by atoms with E-state index in [-0.39, 0.29) is 18.0 Å². The van der Waals surface area contributed by atoms with Crippen LogP contribution in [0.1, 0.15) is 117 Å². The first-order chi connectivity index (χ1) is 20.2. The lowest BCUT2D eigenvalue weighted by Crippen LogP contribution is -2.44. The predicted octanol–water partition coefficient (Wildman–Crippen LogP) is 7.88. The number of carboxylic acids is 1. The van der Waals surface area contributed by atoms with Gasteiger partial charge in [0.1, 0.15) is 17.8 Å². The number of nitrogens with two attached hydrogens (primary N) is 1. The van der Waals surface area contributed by atoms with Crippen molar-refractivity contribution < 1.29 is 28.7 Å². The molecule has 1 amide bonds. The summed E-state index contributed by atoms with van der Waals surface area (Å²) in [7, 11) is 4.13. The molecular formula is C35H60N3O5+. The molecule has 0 radical (unpaired) electrons. The summed E-state index contributed by atoms with van der Waals surface area (Å²) >= 11 is 0. The van der Waals surface area contributed by atoms with Gasteiger partial charge >= 0.3 is 5.97 Å². The molecule has 8 nitrogen and oxygen atoms in total. The van der Waals surface area contributed by atoms with Gasteiger partial charge in [0.25, 0.3) is 0 Å². The SMILES string of the molecule is CC.CC(=O)C(C)C(C)C.CC/C=C(\C)c1ccccc1C(=O)O.CCCCC1CCC([N+](C)(C)/C=C\C(N)=NC=O)O1. The van der Waals surface area contributed by atoms with Crippen molar-refractivity contribution in [3.8, 4) is 0 Å². The number of Topliss-reactive ketones (excluding diaryl/α,β-unsaturated/α-hetero) is 1. The minimum Gasteiger partial charge on any atom is -0.478 e. The van der Waals surface area contributed by atoms with Gasteiger partial charge in [0, 0.05) is 18.4 Å². The molecule has 3 unspecified atom stereocenters. The van der Waals surface area contributed by atoms with Crippen LogP contribution in [0.4, 0.5) is 0 Å². The second kappa shape index (κ2) is 23.4. The summed E-state index contributed by atoms with van der Waals surface area (Å²) in [5.74, 6) is 0.369. The Kier molecular flexibility index (Phi) is 22.8. The maximum Gasteiger partial charge on any atom is 0.336 e. The number of ether oxygens (including phenoxy) is 1. The van der Waals surface area contributed by atoms with Gasteiger partial charge in [0.05, 0.1) is 25.8 Å². The van der Waals surface area contributed by atoms with Gasteiger partial charge in [-0.15, -0.1) is 0 Å². The fourth-order valence-electron chi connectivity index (χ4n) is 4.19. The van der Waals surface area contributed by atoms with Gasteiger partial charge in [-0.1, -0.05) is 85.6 Å². The van der Waals surface area contributed by atoms with E-state index >= 15 is 0 Å². The second-order valence-corrected chi connectivity index (χ2v) is 11.3. The molecule has 8 heteroatoms. The van der Waals surface area contributed by atoms with Crippen LogP contribution in [-0.4, -0.2) is 60.0 Å². The van der Waals surface area contributed by atoms with Gasteiger partial charge in [-0.25, -0.2) is 4.79 Å². The van der Waals surface area contributed by atoms with Crippen LogP contribution in [0.5, 0.6) is 0 Å². The van der Waals surface area contributed by atoms with Crippen molar-refractivity contribution in [2.24, 2.45) is 22.6 Å². The zero-order valence-electron chi connectivity index (χ0n) is 28.7. The summed E-state index contributed by atoms with van der Waals surface area (Å²) in [6.07, 6.45) is 13.3. The summed E-state index contributed by atoms with van der Waals surface area (Å²) in [5, 5.41) is 8.96. The topological polar surface area (TPSA) is 119 Å². The van der Waals surface area contributed by atoms with Gasteiger partial charge in [0.15, 0.2) is 6.23 Å². The van der Waals surface area contributed by atoms with E-state index in [2.05, 4.69) is 39.9 Å². The quantitative estimate of drug-likeness (QED) is 0.109. The number of aliphatic imine (C=N–C) groups is 1. The Morgan fingerprint density at radius 3 is 2.12 bits per heavy atom. The summed E-state index contributed by atoms with van der Waals surface area (Å²) in [6.45, 7) is 17.9. The number of hydrogen-bond donors (Lipinski definition) is 2. The molecule has 43 heavy (non-hydrogen) atoms. The third-order valence-corrected chi connectivity index (χ3v) is 7.27. The first-order valence-corrected chi connectivity index (χ1v) is 15.7. The molecule has 1 aromatic carbocycles. The molecule has 3 atom stereocenters. The third kappa shape index (κ3) is 17.6. The van der Waals surface area contributed by atoms with Crippen LogP contribution in [0.25, 0.3) is 5.57 Å². The number of amides is 1. The Bertz CT molecular complexity index is 1040. The Morgan fingerprint density at radius 1 is 1.09 bits per heavy atom. The van der Waals surface area contributed by atoms with Crippen molar-refractivity contribution in [3.05, 3.63) is 53.7 Å². The molecule has 1 aliphatic heterocycles. The molecule has 0 bridgehead atoms. The van der Waals surface area contributed by atoms with Crippen molar-refractivity contribution in [3.63, 3.8) is 0 Å². The fourth-order valence-corrected chi connectivity index (χ4v) is 4.19. The first-order valence-electron chi connectivity index (χ1n) is 15.7. The minimum atomic E-state index is -0.871. The summed E-state index contributed by atoms with van der Waals surface area (Å²) < 4.78 is 6.69. The molecule has 1 saturated heterocycles. The number of benzene rings is 1. The predicted molar refractivity (Wildman–Crippen MR) is 180 cm³/mol. The highest BCUT2D eigenvalue weighted by molar-refractivity contribution is 5.95. The lowest BCUT2D eigenvalue weighted by Gasteiger charge is -2.31. The summed E-state index contributed by atoms with van der Waals surface area (Å²) in [4.78, 5) is 35.2. The molecule has 0 spiro atoms. The molecule has 0 aromatic heterocycles. The highest BCUT2D eigenvalue weighted by atomic mass is 16.5. The number of carbonyl (C=O) groups excluding carboxylic acids is 2. The van der Waals surface area contributed by atoms with E-state index in [1.54, 1.807) is 25.1 Å². The number of quaternary nitrogens is 1. The van der Waals surface area contributed by atoms with Crippen LogP contribution in [0.3, 0.4) is 0 Å². The Morgan fingerprint density at radius 2 is 1.67 bits per heavy atom. The van der Waals surface area contributed by atoms with Crippen LogP contribution < -0.4 is 5.73 Å². The molecule has 1 aromatic rings. The monoisotopic (exact) mass is 602 g/mol. The fraction of sp³-hybridized carbons (Fsp3) is 0.600. The minimum absolute atomic E-state index is 0.155. The molecule has 0 saturated carbocycles. The van der Waals surface area contributed by atoms with Crippen LogP contribution in [0.2, 0.25) is 0 Å². The molecule has 0 aliphatic carbocycles. The van der Waals surface area contributed by atoms with Gasteiger partial charge < -0.3 is 15.6 Å². The number of rotatable bonds is 12. The molecule has 1 fully saturated rings. The van der Waals surface area contributed by atoms with Gasteiger partial charge in [-0.2, -0.15) is 4.99 Å². The van der Waals surface area contributed by atoms with Crippen molar-refractivity contribution in [2.45, 2.75) is 113 Å². The lowest BCUT2D eigenvalue weighted by atomic mass is 9.95. The van der Waals surface area contributed by atoms with Crippen LogP contribution in [0.15, 0.2) is 47.6 Å². The summed E-state index contributed by atoms with van der Waals surface area (Å²) in [6, 6.07) is 7.07. The first kappa shape index (κ1) is 42.0.